The number of halogens is 1. The van der Waals surface area contributed by atoms with Crippen molar-refractivity contribution in [2.24, 2.45) is 0 Å². The van der Waals surface area contributed by atoms with E-state index in [-0.39, 0.29) is 12.5 Å². The Morgan fingerprint density at radius 1 is 1.00 bits per heavy atom. The van der Waals surface area contributed by atoms with E-state index in [2.05, 4.69) is 10.6 Å². The van der Waals surface area contributed by atoms with Crippen LogP contribution in [0.4, 0.5) is 5.69 Å². The quantitative estimate of drug-likeness (QED) is 0.282. The number of benzene rings is 3. The summed E-state index contributed by atoms with van der Waals surface area (Å²) < 4.78 is 11.6. The van der Waals surface area contributed by atoms with Gasteiger partial charge in [0.2, 0.25) is 0 Å². The second-order valence-electron chi connectivity index (χ2n) is 9.21. The molecule has 38 heavy (non-hydrogen) atoms. The minimum atomic E-state index is -1.41. The van der Waals surface area contributed by atoms with Crippen LogP contribution in [0.25, 0.3) is 0 Å². The summed E-state index contributed by atoms with van der Waals surface area (Å²) in [4.78, 5) is 11.9. The van der Waals surface area contributed by atoms with Crippen molar-refractivity contribution in [3.05, 3.63) is 94.0 Å². The first kappa shape index (κ1) is 27.9. The van der Waals surface area contributed by atoms with Gasteiger partial charge in [0, 0.05) is 29.9 Å². The van der Waals surface area contributed by atoms with Gasteiger partial charge < -0.3 is 35.4 Å². The largest absolute Gasteiger partial charge is 0.494 e. The van der Waals surface area contributed by atoms with Gasteiger partial charge in [-0.1, -0.05) is 41.9 Å². The number of aliphatic hydroxyl groups excluding tert-OH is 3. The molecule has 0 bridgehead atoms. The van der Waals surface area contributed by atoms with E-state index in [9.17, 15) is 20.1 Å². The highest BCUT2D eigenvalue weighted by atomic mass is 35.5. The second-order valence-corrected chi connectivity index (χ2v) is 9.62. The van der Waals surface area contributed by atoms with E-state index in [1.807, 2.05) is 37.3 Å². The van der Waals surface area contributed by atoms with Gasteiger partial charge in [0.15, 0.2) is 0 Å². The maximum absolute atomic E-state index is 11.9. The zero-order valence-corrected chi connectivity index (χ0v) is 22.1. The Morgan fingerprint density at radius 3 is 2.47 bits per heavy atom. The fraction of sp³-hybridized carbons (Fsp3) is 0.345. The molecule has 0 aliphatic carbocycles. The van der Waals surface area contributed by atoms with Crippen molar-refractivity contribution in [2.75, 3.05) is 25.5 Å². The lowest BCUT2D eigenvalue weighted by molar-refractivity contribution is -0.220. The average molecular weight is 541 g/mol. The molecule has 1 amide bonds. The molecule has 0 spiro atoms. The Bertz CT molecular complexity index is 1240. The Kier molecular flexibility index (Phi) is 9.25. The smallest absolute Gasteiger partial charge is 0.251 e. The molecule has 1 fully saturated rings. The molecule has 3 aromatic rings. The molecule has 1 saturated heterocycles. The molecule has 0 radical (unpaired) electrons. The second kappa shape index (κ2) is 12.6. The molecule has 1 heterocycles. The summed E-state index contributed by atoms with van der Waals surface area (Å²) in [6, 6.07) is 20.0. The summed E-state index contributed by atoms with van der Waals surface area (Å²) in [7, 11) is 1.56. The van der Waals surface area contributed by atoms with Gasteiger partial charge in [0.25, 0.3) is 5.91 Å². The third-order valence-corrected chi connectivity index (χ3v) is 6.97. The van der Waals surface area contributed by atoms with E-state index >= 15 is 0 Å². The molecule has 0 saturated carbocycles. The van der Waals surface area contributed by atoms with Crippen molar-refractivity contribution in [2.45, 2.75) is 43.9 Å². The summed E-state index contributed by atoms with van der Waals surface area (Å²) >= 11 is 6.49. The number of hydrogen-bond acceptors (Lipinski definition) is 7. The van der Waals surface area contributed by atoms with Gasteiger partial charge in [-0.25, -0.2) is 0 Å². The molecule has 1 aliphatic rings. The average Bonchev–Trinajstić information content (AvgIpc) is 2.93. The number of ether oxygens (including phenoxy) is 2. The van der Waals surface area contributed by atoms with Crippen LogP contribution in [0.2, 0.25) is 5.02 Å². The van der Waals surface area contributed by atoms with Crippen molar-refractivity contribution in [3.8, 4) is 5.75 Å². The Hall–Kier alpha value is -3.14. The highest BCUT2D eigenvalue weighted by molar-refractivity contribution is 6.31. The van der Waals surface area contributed by atoms with Crippen LogP contribution in [-0.2, 0) is 11.2 Å². The van der Waals surface area contributed by atoms with Crippen LogP contribution in [0.1, 0.15) is 40.1 Å². The predicted octanol–water partition coefficient (Wildman–Crippen LogP) is 3.32. The van der Waals surface area contributed by atoms with E-state index in [1.165, 1.54) is 0 Å². The molecule has 3 aromatic carbocycles. The maximum Gasteiger partial charge on any atom is 0.251 e. The first-order valence-electron chi connectivity index (χ1n) is 12.6. The summed E-state index contributed by atoms with van der Waals surface area (Å²) in [6.45, 7) is 2.67. The molecule has 5 N–H and O–H groups in total. The number of rotatable bonds is 9. The Morgan fingerprint density at radius 2 is 1.76 bits per heavy atom. The maximum atomic E-state index is 11.9. The van der Waals surface area contributed by atoms with Gasteiger partial charge in [0.1, 0.15) is 36.3 Å². The summed E-state index contributed by atoms with van der Waals surface area (Å²) in [5, 5.41) is 38.3. The molecule has 202 valence electrons. The number of anilines is 1. The number of carbonyl (C=O) groups excluding carboxylic acids is 1. The summed E-state index contributed by atoms with van der Waals surface area (Å²) in [6.07, 6.45) is -5.22. The molecular weight excluding hydrogens is 508 g/mol. The fourth-order valence-corrected chi connectivity index (χ4v) is 4.71. The lowest BCUT2D eigenvalue weighted by Gasteiger charge is -2.41. The first-order valence-corrected chi connectivity index (χ1v) is 12.9. The van der Waals surface area contributed by atoms with Gasteiger partial charge in [-0.15, -0.1) is 0 Å². The van der Waals surface area contributed by atoms with Gasteiger partial charge >= 0.3 is 0 Å². The minimum absolute atomic E-state index is 0.144. The monoisotopic (exact) mass is 540 g/mol. The minimum Gasteiger partial charge on any atom is -0.494 e. The highest BCUT2D eigenvalue weighted by Crippen LogP contribution is 2.35. The molecular formula is C29H33ClN2O6. The van der Waals surface area contributed by atoms with E-state index in [1.54, 1.807) is 43.4 Å². The van der Waals surface area contributed by atoms with Gasteiger partial charge in [0.05, 0.1) is 6.61 Å². The van der Waals surface area contributed by atoms with Crippen molar-refractivity contribution in [1.29, 1.82) is 0 Å². The third-order valence-electron chi connectivity index (χ3n) is 6.60. The molecule has 0 unspecified atom stereocenters. The zero-order chi connectivity index (χ0) is 27.2. The standard InChI is InChI=1S/C29H33ClN2O6/c1-3-37-22-10-7-17(8-11-22)13-20-14-18(9-12-23(20)30)28-27(35)26(34)25(33)24(38-28)16-32-21-6-4-5-19(15-21)29(36)31-2/h4-12,14-15,24-28,32-35H,3,13,16H2,1-2H3,(H,31,36)/t24-,25-,26+,27-,28+/m1/s1. The topological polar surface area (TPSA) is 120 Å². The van der Waals surface area contributed by atoms with Crippen LogP contribution in [0, 0.1) is 0 Å². The Labute approximate surface area is 227 Å². The third kappa shape index (κ3) is 6.46. The van der Waals surface area contributed by atoms with Crippen molar-refractivity contribution >= 4 is 23.2 Å². The molecule has 9 heteroatoms. The lowest BCUT2D eigenvalue weighted by atomic mass is 9.90. The van der Waals surface area contributed by atoms with Gasteiger partial charge in [-0.05, 0) is 66.4 Å². The highest BCUT2D eigenvalue weighted by Gasteiger charge is 2.44. The van der Waals surface area contributed by atoms with Crippen molar-refractivity contribution in [1.82, 2.24) is 5.32 Å². The van der Waals surface area contributed by atoms with Crippen molar-refractivity contribution in [3.63, 3.8) is 0 Å². The molecule has 5 atom stereocenters. The van der Waals surface area contributed by atoms with Crippen LogP contribution in [0.3, 0.4) is 0 Å². The van der Waals surface area contributed by atoms with Crippen LogP contribution >= 0.6 is 11.6 Å². The SMILES string of the molecule is CCOc1ccc(Cc2cc([C@@H]3O[C@H](CNc4cccc(C(=O)NC)c4)[C@@H](O)[C@H](O)[C@H]3O)ccc2Cl)cc1. The number of amides is 1. The number of aliphatic hydroxyl groups is 3. The normalized spacial score (nSPS) is 23.1. The van der Waals surface area contributed by atoms with Crippen LogP contribution < -0.4 is 15.4 Å². The van der Waals surface area contributed by atoms with Crippen molar-refractivity contribution < 1.29 is 29.6 Å². The van der Waals surface area contributed by atoms with Crippen LogP contribution in [0.5, 0.6) is 5.75 Å². The molecule has 0 aromatic heterocycles. The summed E-state index contributed by atoms with van der Waals surface area (Å²) in [5.41, 5.74) is 3.65. The number of nitrogens with one attached hydrogen (secondary N) is 2. The fourth-order valence-electron chi connectivity index (χ4n) is 4.53. The van der Waals surface area contributed by atoms with Crippen LogP contribution in [0.15, 0.2) is 66.7 Å². The lowest BCUT2D eigenvalue weighted by Crippen LogP contribution is -2.56. The Balaban J connectivity index is 1.49. The van der Waals surface area contributed by atoms with E-state index in [4.69, 9.17) is 21.1 Å². The van der Waals surface area contributed by atoms with E-state index in [0.29, 0.717) is 34.9 Å². The van der Waals surface area contributed by atoms with E-state index in [0.717, 1.165) is 16.9 Å². The molecule has 4 rings (SSSR count). The van der Waals surface area contributed by atoms with Gasteiger partial charge in [-0.3, -0.25) is 4.79 Å². The van der Waals surface area contributed by atoms with Crippen LogP contribution in [-0.4, -0.2) is 65.8 Å². The number of hydrogen-bond donors (Lipinski definition) is 5. The predicted molar refractivity (Wildman–Crippen MR) is 146 cm³/mol. The molecule has 1 aliphatic heterocycles. The van der Waals surface area contributed by atoms with E-state index < -0.39 is 30.5 Å². The molecule has 8 nitrogen and oxygen atoms in total. The van der Waals surface area contributed by atoms with Gasteiger partial charge in [-0.2, -0.15) is 0 Å². The summed E-state index contributed by atoms with van der Waals surface area (Å²) in [5.74, 6) is 0.576. The zero-order valence-electron chi connectivity index (χ0n) is 21.3. The first-order chi connectivity index (χ1) is 18.3. The number of carbonyl (C=O) groups is 1.